The predicted molar refractivity (Wildman–Crippen MR) is 131 cm³/mol. The molecule has 1 aromatic heterocycles. The Morgan fingerprint density at radius 2 is 1.76 bits per heavy atom. The molecule has 1 saturated heterocycles. The Balaban J connectivity index is 1.59. The molecule has 1 N–H and O–H groups in total. The number of amides is 2. The minimum absolute atomic E-state index is 0.0215. The number of carbonyl (C=O) groups excluding carboxylic acids is 2. The van der Waals surface area contributed by atoms with Crippen LogP contribution in [0.1, 0.15) is 23.7 Å². The summed E-state index contributed by atoms with van der Waals surface area (Å²) in [6.45, 7) is 5.55. The van der Waals surface area contributed by atoms with Crippen molar-refractivity contribution in [2.75, 3.05) is 46.4 Å². The van der Waals surface area contributed by atoms with Crippen LogP contribution < -0.4 is 10.1 Å². The summed E-state index contributed by atoms with van der Waals surface area (Å²) in [4.78, 5) is 29.7. The molecule has 0 spiro atoms. The SMILES string of the molecule is CCNC(=O)CN1CCCN(C(=O)c2cn(-c3ccccc3)nc2-c2ccc(OC)cc2)CC1. The standard InChI is InChI=1S/C26H31N5O3/c1-3-27-24(32)19-29-14-7-15-30(17-16-29)26(33)23-18-31(21-8-5-4-6-9-21)28-25(23)20-10-12-22(34-2)13-11-20/h4-6,8-13,18H,3,7,14-17,19H2,1-2H3,(H,27,32). The van der Waals surface area contributed by atoms with Crippen LogP contribution in [0.2, 0.25) is 0 Å². The Labute approximate surface area is 200 Å². The highest BCUT2D eigenvalue weighted by Gasteiger charge is 2.26. The molecule has 0 aliphatic carbocycles. The zero-order valence-corrected chi connectivity index (χ0v) is 19.7. The molecule has 1 fully saturated rings. The summed E-state index contributed by atoms with van der Waals surface area (Å²) in [6, 6.07) is 17.4. The number of rotatable bonds is 7. The van der Waals surface area contributed by atoms with Gasteiger partial charge in [-0.15, -0.1) is 0 Å². The lowest BCUT2D eigenvalue weighted by Crippen LogP contribution is -2.40. The molecule has 0 unspecified atom stereocenters. The smallest absolute Gasteiger partial charge is 0.257 e. The van der Waals surface area contributed by atoms with Crippen molar-refractivity contribution in [2.24, 2.45) is 0 Å². The number of likely N-dealkylation sites (N-methyl/N-ethyl adjacent to an activating group) is 1. The third kappa shape index (κ3) is 5.46. The molecule has 8 nitrogen and oxygen atoms in total. The van der Waals surface area contributed by atoms with Gasteiger partial charge in [-0.1, -0.05) is 18.2 Å². The number of methoxy groups -OCH3 is 1. The monoisotopic (exact) mass is 461 g/mol. The van der Waals surface area contributed by atoms with E-state index in [9.17, 15) is 9.59 Å². The van der Waals surface area contributed by atoms with Crippen LogP contribution in [0.15, 0.2) is 60.8 Å². The van der Waals surface area contributed by atoms with E-state index in [1.54, 1.807) is 11.8 Å². The fraction of sp³-hybridized carbons (Fsp3) is 0.346. The van der Waals surface area contributed by atoms with Crippen molar-refractivity contribution < 1.29 is 14.3 Å². The van der Waals surface area contributed by atoms with Crippen molar-refractivity contribution in [1.82, 2.24) is 24.9 Å². The Bertz CT molecular complexity index is 1110. The van der Waals surface area contributed by atoms with Crippen LogP contribution in [0.3, 0.4) is 0 Å². The van der Waals surface area contributed by atoms with E-state index in [0.29, 0.717) is 44.0 Å². The number of benzene rings is 2. The van der Waals surface area contributed by atoms with Crippen LogP contribution >= 0.6 is 0 Å². The molecule has 1 aliphatic heterocycles. The Morgan fingerprint density at radius 3 is 2.47 bits per heavy atom. The predicted octanol–water partition coefficient (Wildman–Crippen LogP) is 2.83. The fourth-order valence-corrected chi connectivity index (χ4v) is 4.16. The highest BCUT2D eigenvalue weighted by molar-refractivity contribution is 6.00. The maximum atomic E-state index is 13.7. The van der Waals surface area contributed by atoms with Gasteiger partial charge in [-0.25, -0.2) is 4.68 Å². The van der Waals surface area contributed by atoms with Crippen molar-refractivity contribution in [3.8, 4) is 22.7 Å². The number of aromatic nitrogens is 2. The highest BCUT2D eigenvalue weighted by Crippen LogP contribution is 2.27. The van der Waals surface area contributed by atoms with Gasteiger partial charge in [0, 0.05) is 44.5 Å². The Hall–Kier alpha value is -3.65. The van der Waals surface area contributed by atoms with Gasteiger partial charge in [-0.05, 0) is 49.7 Å². The summed E-state index contributed by atoms with van der Waals surface area (Å²) >= 11 is 0. The third-order valence-electron chi connectivity index (χ3n) is 5.95. The minimum atomic E-state index is -0.0483. The van der Waals surface area contributed by atoms with Gasteiger partial charge in [0.15, 0.2) is 0 Å². The number of carbonyl (C=O) groups is 2. The van der Waals surface area contributed by atoms with E-state index >= 15 is 0 Å². The largest absolute Gasteiger partial charge is 0.497 e. The van der Waals surface area contributed by atoms with Crippen molar-refractivity contribution in [2.45, 2.75) is 13.3 Å². The quantitative estimate of drug-likeness (QED) is 0.585. The van der Waals surface area contributed by atoms with Crippen LogP contribution in [0.25, 0.3) is 16.9 Å². The van der Waals surface area contributed by atoms with E-state index in [0.717, 1.165) is 30.0 Å². The van der Waals surface area contributed by atoms with Gasteiger partial charge in [0.05, 0.1) is 24.9 Å². The van der Waals surface area contributed by atoms with Crippen LogP contribution in [0.4, 0.5) is 0 Å². The molecule has 0 atom stereocenters. The van der Waals surface area contributed by atoms with Gasteiger partial charge in [-0.2, -0.15) is 5.10 Å². The number of hydrogen-bond acceptors (Lipinski definition) is 5. The molecular weight excluding hydrogens is 430 g/mol. The first kappa shape index (κ1) is 23.5. The number of nitrogens with zero attached hydrogens (tertiary/aromatic N) is 4. The zero-order valence-electron chi connectivity index (χ0n) is 19.7. The first-order valence-electron chi connectivity index (χ1n) is 11.7. The molecule has 1 aliphatic rings. The van der Waals surface area contributed by atoms with Crippen LogP contribution in [0.5, 0.6) is 5.75 Å². The average Bonchev–Trinajstić information content (AvgIpc) is 3.18. The first-order chi connectivity index (χ1) is 16.6. The minimum Gasteiger partial charge on any atom is -0.497 e. The van der Waals surface area contributed by atoms with Gasteiger partial charge in [0.2, 0.25) is 5.91 Å². The Kier molecular flexibility index (Phi) is 7.59. The number of para-hydroxylation sites is 1. The number of hydrogen-bond donors (Lipinski definition) is 1. The first-order valence-corrected chi connectivity index (χ1v) is 11.7. The number of nitrogens with one attached hydrogen (secondary N) is 1. The van der Waals surface area contributed by atoms with Crippen LogP contribution in [-0.4, -0.2) is 77.8 Å². The van der Waals surface area contributed by atoms with Crippen molar-refractivity contribution in [1.29, 1.82) is 0 Å². The molecule has 34 heavy (non-hydrogen) atoms. The molecule has 3 aromatic rings. The average molecular weight is 462 g/mol. The molecule has 0 radical (unpaired) electrons. The van der Waals surface area contributed by atoms with Crippen molar-refractivity contribution in [3.63, 3.8) is 0 Å². The topological polar surface area (TPSA) is 79.7 Å². The second-order valence-corrected chi connectivity index (χ2v) is 8.28. The summed E-state index contributed by atoms with van der Waals surface area (Å²) in [5, 5.41) is 7.63. The molecule has 0 saturated carbocycles. The lowest BCUT2D eigenvalue weighted by atomic mass is 10.1. The van der Waals surface area contributed by atoms with E-state index in [1.807, 2.05) is 72.6 Å². The van der Waals surface area contributed by atoms with Crippen LogP contribution in [-0.2, 0) is 4.79 Å². The summed E-state index contributed by atoms with van der Waals surface area (Å²) < 4.78 is 7.04. The van der Waals surface area contributed by atoms with E-state index in [-0.39, 0.29) is 11.8 Å². The van der Waals surface area contributed by atoms with E-state index in [1.165, 1.54) is 0 Å². The van der Waals surface area contributed by atoms with Crippen LogP contribution in [0, 0.1) is 0 Å². The van der Waals surface area contributed by atoms with Gasteiger partial charge in [-0.3, -0.25) is 14.5 Å². The summed E-state index contributed by atoms with van der Waals surface area (Å²) in [5.74, 6) is 0.722. The molecule has 2 aromatic carbocycles. The second kappa shape index (κ2) is 11.0. The summed E-state index contributed by atoms with van der Waals surface area (Å²) in [6.07, 6.45) is 2.63. The summed E-state index contributed by atoms with van der Waals surface area (Å²) in [5.41, 5.74) is 2.94. The van der Waals surface area contributed by atoms with E-state index < -0.39 is 0 Å². The molecule has 2 heterocycles. The van der Waals surface area contributed by atoms with Gasteiger partial charge in [0.25, 0.3) is 5.91 Å². The third-order valence-corrected chi connectivity index (χ3v) is 5.95. The Morgan fingerprint density at radius 1 is 1.00 bits per heavy atom. The van der Waals surface area contributed by atoms with E-state index in [4.69, 9.17) is 9.84 Å². The summed E-state index contributed by atoms with van der Waals surface area (Å²) in [7, 11) is 1.63. The molecule has 4 rings (SSSR count). The molecule has 8 heteroatoms. The molecular formula is C26H31N5O3. The maximum absolute atomic E-state index is 13.7. The van der Waals surface area contributed by atoms with Gasteiger partial charge >= 0.3 is 0 Å². The number of ether oxygens (including phenoxy) is 1. The molecule has 2 amide bonds. The second-order valence-electron chi connectivity index (χ2n) is 8.28. The normalized spacial score (nSPS) is 14.5. The zero-order chi connectivity index (χ0) is 23.9. The lowest BCUT2D eigenvalue weighted by molar-refractivity contribution is -0.122. The molecule has 0 bridgehead atoms. The lowest BCUT2D eigenvalue weighted by Gasteiger charge is -2.21. The van der Waals surface area contributed by atoms with Crippen molar-refractivity contribution >= 4 is 11.8 Å². The van der Waals surface area contributed by atoms with Crippen molar-refractivity contribution in [3.05, 3.63) is 66.4 Å². The maximum Gasteiger partial charge on any atom is 0.257 e. The molecule has 178 valence electrons. The highest BCUT2D eigenvalue weighted by atomic mass is 16.5. The fourth-order valence-electron chi connectivity index (χ4n) is 4.16. The van der Waals surface area contributed by atoms with Gasteiger partial charge in [0.1, 0.15) is 11.4 Å². The van der Waals surface area contributed by atoms with E-state index in [2.05, 4.69) is 10.2 Å². The van der Waals surface area contributed by atoms with Gasteiger partial charge < -0.3 is 15.0 Å².